The van der Waals surface area contributed by atoms with Crippen LogP contribution < -0.4 is 11.1 Å². The number of anilines is 2. The van der Waals surface area contributed by atoms with Gasteiger partial charge in [-0.1, -0.05) is 5.16 Å². The van der Waals surface area contributed by atoms with E-state index in [1.807, 2.05) is 26.0 Å². The molecule has 2 heterocycles. The first kappa shape index (κ1) is 16.3. The van der Waals surface area contributed by atoms with E-state index in [9.17, 15) is 0 Å². The molecule has 0 aromatic carbocycles. The Hall–Kier alpha value is -2.12. The van der Waals surface area contributed by atoms with E-state index in [0.717, 1.165) is 22.7 Å². The van der Waals surface area contributed by atoms with Crippen LogP contribution in [0.3, 0.4) is 0 Å². The van der Waals surface area contributed by atoms with Crippen molar-refractivity contribution >= 4 is 11.5 Å². The predicted molar refractivity (Wildman–Crippen MR) is 84.8 cm³/mol. The third-order valence-corrected chi connectivity index (χ3v) is 3.29. The van der Waals surface area contributed by atoms with E-state index in [-0.39, 0.29) is 6.04 Å². The molecule has 0 atom stereocenters. The Morgan fingerprint density at radius 3 is 2.45 bits per heavy atom. The van der Waals surface area contributed by atoms with Gasteiger partial charge in [0.15, 0.2) is 0 Å². The van der Waals surface area contributed by atoms with Gasteiger partial charge in [0.25, 0.3) is 0 Å². The highest BCUT2D eigenvalue weighted by molar-refractivity contribution is 5.71. The quantitative estimate of drug-likeness (QED) is 0.807. The zero-order valence-corrected chi connectivity index (χ0v) is 13.3. The molecule has 0 fully saturated rings. The minimum atomic E-state index is -0.0373. The van der Waals surface area contributed by atoms with Gasteiger partial charge in [-0.15, -0.1) is 0 Å². The van der Waals surface area contributed by atoms with Crippen molar-refractivity contribution in [1.29, 1.82) is 0 Å². The van der Waals surface area contributed by atoms with Crippen molar-refractivity contribution in [2.24, 2.45) is 0 Å². The summed E-state index contributed by atoms with van der Waals surface area (Å²) in [6, 6.07) is 3.63. The van der Waals surface area contributed by atoms with Gasteiger partial charge >= 0.3 is 0 Å². The summed E-state index contributed by atoms with van der Waals surface area (Å²) in [7, 11) is 3.28. The summed E-state index contributed by atoms with van der Waals surface area (Å²) in [4.78, 5) is 4.59. The van der Waals surface area contributed by atoms with Crippen LogP contribution in [0.2, 0.25) is 0 Å². The van der Waals surface area contributed by atoms with Crippen molar-refractivity contribution in [2.45, 2.75) is 19.9 Å². The molecule has 0 aliphatic carbocycles. The molecule has 120 valence electrons. The number of hydrogen-bond donors (Lipinski definition) is 2. The van der Waals surface area contributed by atoms with Gasteiger partial charge in [0.1, 0.15) is 11.6 Å². The van der Waals surface area contributed by atoms with Crippen molar-refractivity contribution in [3.8, 4) is 11.3 Å². The lowest BCUT2D eigenvalue weighted by Gasteiger charge is -2.19. The number of methoxy groups -OCH3 is 2. The van der Waals surface area contributed by atoms with E-state index in [1.165, 1.54) is 0 Å². The molecule has 0 spiro atoms. The van der Waals surface area contributed by atoms with E-state index >= 15 is 0 Å². The number of hydrogen-bond acceptors (Lipinski definition) is 7. The molecular formula is C15H22N4O3. The fraction of sp³-hybridized carbons (Fsp3) is 0.467. The molecule has 3 N–H and O–H groups in total. The number of nitrogens with zero attached hydrogens (tertiary/aromatic N) is 2. The van der Waals surface area contributed by atoms with Crippen molar-refractivity contribution < 1.29 is 14.0 Å². The van der Waals surface area contributed by atoms with Crippen LogP contribution in [-0.2, 0) is 9.47 Å². The number of aromatic nitrogens is 2. The van der Waals surface area contributed by atoms with Crippen molar-refractivity contribution in [3.05, 3.63) is 23.6 Å². The Kier molecular flexibility index (Phi) is 5.35. The Balaban J connectivity index is 2.30. The molecule has 0 unspecified atom stereocenters. The number of pyridine rings is 1. The first-order valence-corrected chi connectivity index (χ1v) is 7.01. The normalized spacial score (nSPS) is 11.1. The summed E-state index contributed by atoms with van der Waals surface area (Å²) >= 11 is 0. The average molecular weight is 306 g/mol. The van der Waals surface area contributed by atoms with Gasteiger partial charge in [0.05, 0.1) is 41.9 Å². The lowest BCUT2D eigenvalue weighted by Crippen LogP contribution is -2.30. The summed E-state index contributed by atoms with van der Waals surface area (Å²) in [6.45, 7) is 4.73. The SMILES string of the molecule is COCC(COC)Nc1nc(-c2c(C)noc2C)ccc1N. The largest absolute Gasteiger partial charge is 0.396 e. The molecule has 22 heavy (non-hydrogen) atoms. The minimum Gasteiger partial charge on any atom is -0.396 e. The number of nitrogen functional groups attached to an aromatic ring is 1. The van der Waals surface area contributed by atoms with Crippen molar-refractivity contribution in [2.75, 3.05) is 38.5 Å². The second-order valence-electron chi connectivity index (χ2n) is 5.09. The number of rotatable bonds is 7. The van der Waals surface area contributed by atoms with Crippen molar-refractivity contribution in [3.63, 3.8) is 0 Å². The number of ether oxygens (including phenoxy) is 2. The average Bonchev–Trinajstić information content (AvgIpc) is 2.81. The Bertz CT molecular complexity index is 602. The maximum Gasteiger partial charge on any atom is 0.150 e. The van der Waals surface area contributed by atoms with Gasteiger partial charge in [-0.25, -0.2) is 4.98 Å². The summed E-state index contributed by atoms with van der Waals surface area (Å²) in [5.41, 5.74) is 9.03. The number of aryl methyl sites for hydroxylation is 2. The summed E-state index contributed by atoms with van der Waals surface area (Å²) in [5, 5.41) is 7.21. The van der Waals surface area contributed by atoms with E-state index in [0.29, 0.717) is 24.7 Å². The summed E-state index contributed by atoms with van der Waals surface area (Å²) in [5.74, 6) is 1.32. The predicted octanol–water partition coefficient (Wildman–Crippen LogP) is 2.01. The molecule has 2 rings (SSSR count). The van der Waals surface area contributed by atoms with E-state index < -0.39 is 0 Å². The third kappa shape index (κ3) is 3.55. The van der Waals surface area contributed by atoms with Gasteiger partial charge in [0.2, 0.25) is 0 Å². The van der Waals surface area contributed by atoms with Gasteiger partial charge in [-0.3, -0.25) is 0 Å². The van der Waals surface area contributed by atoms with Crippen LogP contribution in [0.25, 0.3) is 11.3 Å². The lowest BCUT2D eigenvalue weighted by molar-refractivity contribution is 0.126. The van der Waals surface area contributed by atoms with Crippen LogP contribution >= 0.6 is 0 Å². The van der Waals surface area contributed by atoms with Crippen LogP contribution in [0.15, 0.2) is 16.7 Å². The van der Waals surface area contributed by atoms with Gasteiger partial charge < -0.3 is 25.0 Å². The van der Waals surface area contributed by atoms with Crippen LogP contribution in [0.4, 0.5) is 11.5 Å². The summed E-state index contributed by atoms with van der Waals surface area (Å²) in [6.07, 6.45) is 0. The minimum absolute atomic E-state index is 0.0373. The molecule has 0 aliphatic rings. The molecule has 7 heteroatoms. The molecular weight excluding hydrogens is 284 g/mol. The molecule has 0 bridgehead atoms. The number of nitrogens with one attached hydrogen (secondary N) is 1. The fourth-order valence-electron chi connectivity index (χ4n) is 2.30. The molecule has 0 amide bonds. The third-order valence-electron chi connectivity index (χ3n) is 3.29. The second kappa shape index (κ2) is 7.24. The maximum absolute atomic E-state index is 6.01. The highest BCUT2D eigenvalue weighted by Crippen LogP contribution is 2.28. The maximum atomic E-state index is 6.01. The van der Waals surface area contributed by atoms with Crippen LogP contribution in [0.5, 0.6) is 0 Å². The highest BCUT2D eigenvalue weighted by atomic mass is 16.5. The zero-order valence-electron chi connectivity index (χ0n) is 13.3. The zero-order chi connectivity index (χ0) is 16.1. The standard InChI is InChI=1S/C15H22N4O3/c1-9-14(10(2)22-19-9)13-6-5-12(16)15(18-13)17-11(7-20-3)8-21-4/h5-6,11H,7-8,16H2,1-4H3,(H,17,18). The number of nitrogens with two attached hydrogens (primary N) is 1. The van der Waals surface area contributed by atoms with E-state index in [1.54, 1.807) is 14.2 Å². The Morgan fingerprint density at radius 2 is 1.91 bits per heavy atom. The Morgan fingerprint density at radius 1 is 1.23 bits per heavy atom. The molecule has 0 aliphatic heterocycles. The molecule has 7 nitrogen and oxygen atoms in total. The Labute approximate surface area is 129 Å². The molecule has 2 aromatic rings. The monoisotopic (exact) mass is 306 g/mol. The first-order valence-electron chi connectivity index (χ1n) is 7.01. The topological polar surface area (TPSA) is 95.4 Å². The second-order valence-corrected chi connectivity index (χ2v) is 5.09. The van der Waals surface area contributed by atoms with E-state index in [2.05, 4.69) is 15.5 Å². The van der Waals surface area contributed by atoms with Gasteiger partial charge in [-0.2, -0.15) is 0 Å². The van der Waals surface area contributed by atoms with E-state index in [4.69, 9.17) is 19.7 Å². The van der Waals surface area contributed by atoms with Crippen LogP contribution in [0.1, 0.15) is 11.5 Å². The molecule has 0 radical (unpaired) electrons. The fourth-order valence-corrected chi connectivity index (χ4v) is 2.30. The van der Waals surface area contributed by atoms with Crippen LogP contribution in [0, 0.1) is 13.8 Å². The van der Waals surface area contributed by atoms with Gasteiger partial charge in [-0.05, 0) is 26.0 Å². The molecule has 2 aromatic heterocycles. The van der Waals surface area contributed by atoms with Gasteiger partial charge in [0, 0.05) is 14.2 Å². The first-order chi connectivity index (χ1) is 10.6. The highest BCUT2D eigenvalue weighted by Gasteiger charge is 2.16. The smallest absolute Gasteiger partial charge is 0.150 e. The van der Waals surface area contributed by atoms with Crippen molar-refractivity contribution in [1.82, 2.24) is 10.1 Å². The lowest BCUT2D eigenvalue weighted by atomic mass is 10.1. The van der Waals surface area contributed by atoms with Crippen LogP contribution in [-0.4, -0.2) is 43.6 Å². The summed E-state index contributed by atoms with van der Waals surface area (Å²) < 4.78 is 15.5. The molecule has 0 saturated heterocycles. The molecule has 0 saturated carbocycles.